The molecule has 1 heterocycles. The summed E-state index contributed by atoms with van der Waals surface area (Å²) in [7, 11) is 0. The Hall–Kier alpha value is -2.38. The summed E-state index contributed by atoms with van der Waals surface area (Å²) in [5, 5.41) is 6.93. The number of ketones is 1. The Morgan fingerprint density at radius 2 is 1.53 bits per heavy atom. The highest BCUT2D eigenvalue weighted by Gasteiger charge is 2.11. The van der Waals surface area contributed by atoms with E-state index in [4.69, 9.17) is 9.47 Å². The van der Waals surface area contributed by atoms with Crippen LogP contribution in [0.25, 0.3) is 11.3 Å². The Balaban J connectivity index is 0.000000240. The lowest BCUT2D eigenvalue weighted by molar-refractivity contribution is 0.104. The minimum Gasteiger partial charge on any atom is -0.493 e. The summed E-state index contributed by atoms with van der Waals surface area (Å²) in [5.41, 5.74) is 2.58. The SMILES string of the molecule is C/C=C/C(=O)c1cc(Br)ccc1OCC(C)C.CC(C)COc1ccc(Br)cc1-c1ccn[nH]1. The molecule has 3 aromatic rings. The number of carbonyl (C=O) groups is 1. The zero-order chi connectivity index (χ0) is 25.1. The number of ether oxygens (including phenoxy) is 2. The van der Waals surface area contributed by atoms with Crippen LogP contribution in [0.4, 0.5) is 0 Å². The van der Waals surface area contributed by atoms with Crippen LogP contribution < -0.4 is 9.47 Å². The minimum absolute atomic E-state index is 0.0347. The van der Waals surface area contributed by atoms with Crippen molar-refractivity contribution < 1.29 is 14.3 Å². The molecule has 2 aromatic carbocycles. The summed E-state index contributed by atoms with van der Waals surface area (Å²) >= 11 is 6.84. The smallest absolute Gasteiger partial charge is 0.189 e. The van der Waals surface area contributed by atoms with Crippen molar-refractivity contribution in [3.8, 4) is 22.8 Å². The fraction of sp³-hybridized carbons (Fsp3) is 0.333. The van der Waals surface area contributed by atoms with E-state index in [1.54, 1.807) is 24.4 Å². The fourth-order valence-electron chi connectivity index (χ4n) is 2.82. The zero-order valence-electron chi connectivity index (χ0n) is 20.3. The van der Waals surface area contributed by atoms with Crippen molar-refractivity contribution in [2.75, 3.05) is 13.2 Å². The van der Waals surface area contributed by atoms with E-state index in [1.807, 2.05) is 43.3 Å². The van der Waals surface area contributed by atoms with Crippen LogP contribution in [0.1, 0.15) is 45.0 Å². The largest absolute Gasteiger partial charge is 0.493 e. The van der Waals surface area contributed by atoms with Gasteiger partial charge in [-0.25, -0.2) is 0 Å². The minimum atomic E-state index is -0.0347. The maximum atomic E-state index is 11.9. The first-order valence-electron chi connectivity index (χ1n) is 11.2. The van der Waals surface area contributed by atoms with Crippen molar-refractivity contribution >= 4 is 37.6 Å². The average molecular weight is 592 g/mol. The molecular weight excluding hydrogens is 560 g/mol. The van der Waals surface area contributed by atoms with Crippen molar-refractivity contribution in [3.05, 3.63) is 75.3 Å². The Morgan fingerprint density at radius 3 is 2.09 bits per heavy atom. The summed E-state index contributed by atoms with van der Waals surface area (Å²) in [5.74, 6) is 2.43. The van der Waals surface area contributed by atoms with Crippen LogP contribution in [0.5, 0.6) is 11.5 Å². The number of nitrogens with one attached hydrogen (secondary N) is 1. The number of nitrogens with zero attached hydrogens (tertiary/aromatic N) is 1. The van der Waals surface area contributed by atoms with Crippen LogP contribution in [0, 0.1) is 11.8 Å². The van der Waals surface area contributed by atoms with Crippen molar-refractivity contribution in [2.45, 2.75) is 34.6 Å². The van der Waals surface area contributed by atoms with Gasteiger partial charge in [-0.1, -0.05) is 65.6 Å². The van der Waals surface area contributed by atoms with E-state index >= 15 is 0 Å². The number of halogens is 2. The van der Waals surface area contributed by atoms with Gasteiger partial charge in [0.15, 0.2) is 5.78 Å². The van der Waals surface area contributed by atoms with Crippen LogP contribution in [-0.2, 0) is 0 Å². The fourth-order valence-corrected chi connectivity index (χ4v) is 3.54. The van der Waals surface area contributed by atoms with Crippen molar-refractivity contribution in [2.24, 2.45) is 11.8 Å². The van der Waals surface area contributed by atoms with Crippen LogP contribution in [0.3, 0.4) is 0 Å². The summed E-state index contributed by atoms with van der Waals surface area (Å²) in [4.78, 5) is 11.9. The van der Waals surface area contributed by atoms with Gasteiger partial charge in [0.05, 0.1) is 24.5 Å². The van der Waals surface area contributed by atoms with Gasteiger partial charge in [0.1, 0.15) is 11.5 Å². The lowest BCUT2D eigenvalue weighted by Crippen LogP contribution is -2.08. The molecule has 182 valence electrons. The first-order valence-corrected chi connectivity index (χ1v) is 12.8. The molecule has 3 rings (SSSR count). The number of hydrogen-bond donors (Lipinski definition) is 1. The van der Waals surface area contributed by atoms with Gasteiger partial charge >= 0.3 is 0 Å². The first-order chi connectivity index (χ1) is 16.2. The van der Waals surface area contributed by atoms with E-state index in [0.717, 1.165) is 26.0 Å². The van der Waals surface area contributed by atoms with E-state index in [9.17, 15) is 4.79 Å². The van der Waals surface area contributed by atoms with E-state index in [2.05, 4.69) is 69.8 Å². The number of hydrogen-bond acceptors (Lipinski definition) is 4. The molecule has 0 fully saturated rings. The maximum absolute atomic E-state index is 11.9. The quantitative estimate of drug-likeness (QED) is 0.201. The third-order valence-electron chi connectivity index (χ3n) is 4.40. The first kappa shape index (κ1) is 27.9. The lowest BCUT2D eigenvalue weighted by Gasteiger charge is -2.12. The molecule has 0 spiro atoms. The van der Waals surface area contributed by atoms with Gasteiger partial charge in [0.25, 0.3) is 0 Å². The molecule has 0 saturated heterocycles. The van der Waals surface area contributed by atoms with Gasteiger partial charge in [-0.15, -0.1) is 0 Å². The third-order valence-corrected chi connectivity index (χ3v) is 5.39. The third kappa shape index (κ3) is 9.11. The van der Waals surface area contributed by atoms with Gasteiger partial charge in [-0.2, -0.15) is 5.10 Å². The molecule has 0 aliphatic carbocycles. The van der Waals surface area contributed by atoms with Crippen LogP contribution in [-0.4, -0.2) is 29.2 Å². The summed E-state index contributed by atoms with van der Waals surface area (Å²) in [6.45, 7) is 11.6. The molecule has 0 bridgehead atoms. The number of aromatic amines is 1. The average Bonchev–Trinajstić information content (AvgIpc) is 3.32. The van der Waals surface area contributed by atoms with Gasteiger partial charge in [-0.05, 0) is 67.3 Å². The van der Waals surface area contributed by atoms with E-state index < -0.39 is 0 Å². The second-order valence-electron chi connectivity index (χ2n) is 8.53. The molecule has 0 atom stereocenters. The highest BCUT2D eigenvalue weighted by Crippen LogP contribution is 2.31. The molecular formula is C27H32Br2N2O3. The Bertz CT molecular complexity index is 1080. The van der Waals surface area contributed by atoms with Gasteiger partial charge < -0.3 is 9.47 Å². The maximum Gasteiger partial charge on any atom is 0.189 e. The van der Waals surface area contributed by atoms with Gasteiger partial charge in [-0.3, -0.25) is 9.89 Å². The van der Waals surface area contributed by atoms with E-state index in [0.29, 0.717) is 36.4 Å². The lowest BCUT2D eigenvalue weighted by atomic mass is 10.1. The number of rotatable bonds is 9. The number of allylic oxidation sites excluding steroid dienone is 2. The van der Waals surface area contributed by atoms with Gasteiger partial charge in [0.2, 0.25) is 0 Å². The van der Waals surface area contributed by atoms with Crippen LogP contribution in [0.15, 0.2) is 69.8 Å². The molecule has 0 unspecified atom stereocenters. The summed E-state index contributed by atoms with van der Waals surface area (Å²) in [6.07, 6.45) is 5.02. The van der Waals surface area contributed by atoms with Crippen molar-refractivity contribution in [3.63, 3.8) is 0 Å². The second kappa shape index (κ2) is 14.1. The number of carbonyl (C=O) groups excluding carboxylic acids is 1. The zero-order valence-corrected chi connectivity index (χ0v) is 23.4. The molecule has 0 aliphatic rings. The Morgan fingerprint density at radius 1 is 0.941 bits per heavy atom. The van der Waals surface area contributed by atoms with E-state index in [1.165, 1.54) is 0 Å². The predicted octanol–water partition coefficient (Wildman–Crippen LogP) is 8.12. The molecule has 7 heteroatoms. The predicted molar refractivity (Wildman–Crippen MR) is 146 cm³/mol. The topological polar surface area (TPSA) is 64.2 Å². The number of aromatic nitrogens is 2. The molecule has 0 saturated carbocycles. The highest BCUT2D eigenvalue weighted by molar-refractivity contribution is 9.10. The molecule has 34 heavy (non-hydrogen) atoms. The van der Waals surface area contributed by atoms with E-state index in [-0.39, 0.29) is 5.78 Å². The highest BCUT2D eigenvalue weighted by atomic mass is 79.9. The number of benzene rings is 2. The van der Waals surface area contributed by atoms with Crippen molar-refractivity contribution in [1.82, 2.24) is 10.2 Å². The normalized spacial score (nSPS) is 11.0. The van der Waals surface area contributed by atoms with Crippen molar-refractivity contribution in [1.29, 1.82) is 0 Å². The molecule has 1 N–H and O–H groups in total. The van der Waals surface area contributed by atoms with Gasteiger partial charge in [0, 0.05) is 20.7 Å². The monoisotopic (exact) mass is 590 g/mol. The standard InChI is InChI=1S/C14H17BrO2.C13H15BrN2O/c1-4-5-13(16)12-8-11(15)6-7-14(12)17-9-10(2)3;1-9(2)8-17-13-4-3-10(14)7-11(13)12-5-6-15-16-12/h4-8,10H,9H2,1-3H3;3-7,9H,8H2,1-2H3,(H,15,16)/b5-4+;. The molecule has 0 amide bonds. The Labute approximate surface area is 219 Å². The van der Waals surface area contributed by atoms with Crippen LogP contribution in [0.2, 0.25) is 0 Å². The Kier molecular flexibility index (Phi) is 11.6. The number of H-pyrrole nitrogens is 1. The molecule has 0 radical (unpaired) electrons. The molecule has 5 nitrogen and oxygen atoms in total. The summed E-state index contributed by atoms with van der Waals surface area (Å²) in [6, 6.07) is 13.4. The molecule has 0 aliphatic heterocycles. The summed E-state index contributed by atoms with van der Waals surface area (Å²) < 4.78 is 13.4. The molecule has 1 aromatic heterocycles. The van der Waals surface area contributed by atoms with Crippen LogP contribution >= 0.6 is 31.9 Å². The second-order valence-corrected chi connectivity index (χ2v) is 10.4.